The maximum absolute atomic E-state index is 12.8. The minimum absolute atomic E-state index is 0.328. The van der Waals surface area contributed by atoms with E-state index >= 15 is 0 Å². The predicted octanol–water partition coefficient (Wildman–Crippen LogP) is 3.66. The smallest absolute Gasteiger partial charge is 0.241 e. The highest BCUT2D eigenvalue weighted by molar-refractivity contribution is 7.89. The Bertz CT molecular complexity index is 773. The molecule has 0 bridgehead atoms. The zero-order chi connectivity index (χ0) is 17.2. The molecule has 0 aliphatic heterocycles. The molecule has 0 fully saturated rings. The van der Waals surface area contributed by atoms with Crippen LogP contribution in [-0.4, -0.2) is 15.5 Å². The summed E-state index contributed by atoms with van der Waals surface area (Å²) in [5, 5.41) is 0. The SMILES string of the molecule is COc1ccc(C(C)NS(=O)(=O)c2c(C)cc(C)cc2C)cc1. The van der Waals surface area contributed by atoms with Gasteiger partial charge < -0.3 is 4.74 Å². The first-order chi connectivity index (χ1) is 10.7. The summed E-state index contributed by atoms with van der Waals surface area (Å²) in [5.41, 5.74) is 3.47. The Morgan fingerprint density at radius 1 is 1.00 bits per heavy atom. The summed E-state index contributed by atoms with van der Waals surface area (Å²) in [4.78, 5) is 0.364. The van der Waals surface area contributed by atoms with Gasteiger partial charge in [0.15, 0.2) is 0 Å². The molecule has 5 heteroatoms. The standard InChI is InChI=1S/C18H23NO3S/c1-12-10-13(2)18(14(3)11-12)23(20,21)19-15(4)16-6-8-17(22-5)9-7-16/h6-11,15,19H,1-5H3. The van der Waals surface area contributed by atoms with Crippen LogP contribution in [0.15, 0.2) is 41.3 Å². The maximum Gasteiger partial charge on any atom is 0.241 e. The summed E-state index contributed by atoms with van der Waals surface area (Å²) < 4.78 is 33.4. The Kier molecular flexibility index (Phi) is 5.12. The topological polar surface area (TPSA) is 55.4 Å². The van der Waals surface area contributed by atoms with E-state index in [-0.39, 0.29) is 6.04 Å². The highest BCUT2D eigenvalue weighted by Crippen LogP contribution is 2.24. The Morgan fingerprint density at radius 2 is 1.52 bits per heavy atom. The van der Waals surface area contributed by atoms with E-state index in [9.17, 15) is 8.42 Å². The van der Waals surface area contributed by atoms with E-state index in [2.05, 4.69) is 4.72 Å². The summed E-state index contributed by atoms with van der Waals surface area (Å²) in [6.07, 6.45) is 0. The number of hydrogen-bond donors (Lipinski definition) is 1. The second-order valence-corrected chi connectivity index (χ2v) is 7.49. The molecule has 1 N–H and O–H groups in total. The van der Waals surface area contributed by atoms with Gasteiger partial charge in [-0.25, -0.2) is 13.1 Å². The van der Waals surface area contributed by atoms with Gasteiger partial charge in [-0.1, -0.05) is 29.8 Å². The van der Waals surface area contributed by atoms with Crippen molar-refractivity contribution in [2.24, 2.45) is 0 Å². The van der Waals surface area contributed by atoms with Crippen LogP contribution in [0.5, 0.6) is 5.75 Å². The third-order valence-electron chi connectivity index (χ3n) is 3.82. The molecule has 0 aromatic heterocycles. The van der Waals surface area contributed by atoms with E-state index in [0.717, 1.165) is 28.0 Å². The number of benzene rings is 2. The van der Waals surface area contributed by atoms with Crippen LogP contribution in [0.4, 0.5) is 0 Å². The van der Waals surface area contributed by atoms with Gasteiger partial charge in [0.2, 0.25) is 10.0 Å². The minimum atomic E-state index is -3.58. The van der Waals surface area contributed by atoms with E-state index in [1.54, 1.807) is 7.11 Å². The Morgan fingerprint density at radius 3 is 2.00 bits per heavy atom. The predicted molar refractivity (Wildman–Crippen MR) is 92.4 cm³/mol. The molecule has 0 heterocycles. The summed E-state index contributed by atoms with van der Waals surface area (Å²) >= 11 is 0. The molecule has 0 spiro atoms. The number of rotatable bonds is 5. The van der Waals surface area contributed by atoms with Crippen molar-refractivity contribution in [2.45, 2.75) is 38.6 Å². The van der Waals surface area contributed by atoms with Crippen molar-refractivity contribution in [2.75, 3.05) is 7.11 Å². The fourth-order valence-corrected chi connectivity index (χ4v) is 4.53. The van der Waals surface area contributed by atoms with Crippen molar-refractivity contribution in [3.05, 3.63) is 58.7 Å². The van der Waals surface area contributed by atoms with Crippen LogP contribution in [0.2, 0.25) is 0 Å². The largest absolute Gasteiger partial charge is 0.497 e. The Hall–Kier alpha value is -1.85. The van der Waals surface area contributed by atoms with Crippen molar-refractivity contribution >= 4 is 10.0 Å². The zero-order valence-electron chi connectivity index (χ0n) is 14.2. The molecule has 0 amide bonds. The van der Waals surface area contributed by atoms with Gasteiger partial charge >= 0.3 is 0 Å². The van der Waals surface area contributed by atoms with Gasteiger partial charge in [0, 0.05) is 6.04 Å². The molecule has 1 unspecified atom stereocenters. The van der Waals surface area contributed by atoms with Gasteiger partial charge in [0.05, 0.1) is 12.0 Å². The molecule has 0 saturated carbocycles. The third kappa shape index (κ3) is 3.92. The summed E-state index contributed by atoms with van der Waals surface area (Å²) in [5.74, 6) is 0.744. The molecule has 0 aliphatic carbocycles. The van der Waals surface area contributed by atoms with Gasteiger partial charge in [-0.15, -0.1) is 0 Å². The first kappa shape index (κ1) is 17.5. The van der Waals surface area contributed by atoms with E-state index < -0.39 is 10.0 Å². The van der Waals surface area contributed by atoms with Crippen LogP contribution in [0.25, 0.3) is 0 Å². The van der Waals surface area contributed by atoms with Crippen molar-refractivity contribution in [1.82, 2.24) is 4.72 Å². The lowest BCUT2D eigenvalue weighted by Gasteiger charge is -2.18. The van der Waals surface area contributed by atoms with Crippen LogP contribution in [0.3, 0.4) is 0 Å². The number of sulfonamides is 1. The van der Waals surface area contributed by atoms with Gasteiger partial charge in [0.1, 0.15) is 5.75 Å². The lowest BCUT2D eigenvalue weighted by molar-refractivity contribution is 0.414. The number of ether oxygens (including phenoxy) is 1. The lowest BCUT2D eigenvalue weighted by Crippen LogP contribution is -2.28. The Labute approximate surface area is 138 Å². The monoisotopic (exact) mass is 333 g/mol. The molecule has 2 rings (SSSR count). The van der Waals surface area contributed by atoms with Crippen molar-refractivity contribution in [3.8, 4) is 5.75 Å². The fraction of sp³-hybridized carbons (Fsp3) is 0.333. The number of aryl methyl sites for hydroxylation is 3. The fourth-order valence-electron chi connectivity index (χ4n) is 2.84. The molecule has 1 atom stereocenters. The average molecular weight is 333 g/mol. The molecule has 2 aromatic carbocycles. The summed E-state index contributed by atoms with van der Waals surface area (Å²) in [6, 6.07) is 10.8. The molecule has 0 saturated heterocycles. The summed E-state index contributed by atoms with van der Waals surface area (Å²) in [6.45, 7) is 7.45. The van der Waals surface area contributed by atoms with Gasteiger partial charge in [-0.05, 0) is 56.5 Å². The lowest BCUT2D eigenvalue weighted by atomic mass is 10.1. The second kappa shape index (κ2) is 6.72. The Balaban J connectivity index is 2.30. The highest BCUT2D eigenvalue weighted by atomic mass is 32.2. The van der Waals surface area contributed by atoms with Crippen molar-refractivity contribution < 1.29 is 13.2 Å². The molecular formula is C18H23NO3S. The summed E-state index contributed by atoms with van der Waals surface area (Å²) in [7, 11) is -1.98. The molecular weight excluding hydrogens is 310 g/mol. The van der Waals surface area contributed by atoms with E-state index in [4.69, 9.17) is 4.74 Å². The van der Waals surface area contributed by atoms with E-state index in [1.165, 1.54) is 0 Å². The average Bonchev–Trinajstić information content (AvgIpc) is 2.45. The van der Waals surface area contributed by atoms with Gasteiger partial charge in [-0.3, -0.25) is 0 Å². The van der Waals surface area contributed by atoms with Gasteiger partial charge in [-0.2, -0.15) is 0 Å². The third-order valence-corrected chi connectivity index (χ3v) is 5.67. The maximum atomic E-state index is 12.8. The minimum Gasteiger partial charge on any atom is -0.497 e. The molecule has 2 aromatic rings. The zero-order valence-corrected chi connectivity index (χ0v) is 15.0. The molecule has 4 nitrogen and oxygen atoms in total. The number of hydrogen-bond acceptors (Lipinski definition) is 3. The van der Waals surface area contributed by atoms with E-state index in [0.29, 0.717) is 4.90 Å². The van der Waals surface area contributed by atoms with Crippen LogP contribution in [0.1, 0.15) is 35.2 Å². The van der Waals surface area contributed by atoms with E-state index in [1.807, 2.05) is 64.1 Å². The van der Waals surface area contributed by atoms with Crippen LogP contribution >= 0.6 is 0 Å². The van der Waals surface area contributed by atoms with Crippen molar-refractivity contribution in [1.29, 1.82) is 0 Å². The first-order valence-corrected chi connectivity index (χ1v) is 8.97. The quantitative estimate of drug-likeness (QED) is 0.908. The first-order valence-electron chi connectivity index (χ1n) is 7.48. The second-order valence-electron chi connectivity index (χ2n) is 5.84. The molecule has 0 aliphatic rings. The van der Waals surface area contributed by atoms with Crippen molar-refractivity contribution in [3.63, 3.8) is 0 Å². The number of nitrogens with one attached hydrogen (secondary N) is 1. The molecule has 124 valence electrons. The van der Waals surface area contributed by atoms with Crippen LogP contribution in [0, 0.1) is 20.8 Å². The normalized spacial score (nSPS) is 12.9. The molecule has 0 radical (unpaired) electrons. The van der Waals surface area contributed by atoms with Crippen LogP contribution < -0.4 is 9.46 Å². The highest BCUT2D eigenvalue weighted by Gasteiger charge is 2.22. The number of methoxy groups -OCH3 is 1. The van der Waals surface area contributed by atoms with Crippen LogP contribution in [-0.2, 0) is 10.0 Å². The molecule has 23 heavy (non-hydrogen) atoms. The van der Waals surface area contributed by atoms with Gasteiger partial charge in [0.25, 0.3) is 0 Å².